The third kappa shape index (κ3) is 3.43. The van der Waals surface area contributed by atoms with E-state index in [9.17, 15) is 4.79 Å². The fraction of sp³-hybridized carbons (Fsp3) is 0.933. The summed E-state index contributed by atoms with van der Waals surface area (Å²) >= 11 is 0. The zero-order valence-corrected chi connectivity index (χ0v) is 13.6. The van der Waals surface area contributed by atoms with Gasteiger partial charge in [0.15, 0.2) is 0 Å². The number of halogens is 1. The van der Waals surface area contributed by atoms with Crippen LogP contribution in [-0.4, -0.2) is 37.5 Å². The highest BCUT2D eigenvalue weighted by molar-refractivity contribution is 5.85. The van der Waals surface area contributed by atoms with Crippen molar-refractivity contribution in [2.75, 3.05) is 26.7 Å². The van der Waals surface area contributed by atoms with Gasteiger partial charge in [-0.1, -0.05) is 33.6 Å². The molecule has 0 aromatic carbocycles. The highest BCUT2D eigenvalue weighted by atomic mass is 35.5. The topological polar surface area (TPSA) is 32.3 Å². The average Bonchev–Trinajstić information content (AvgIpc) is 2.70. The lowest BCUT2D eigenvalue weighted by atomic mass is 9.67. The molecule has 3 nitrogen and oxygen atoms in total. The van der Waals surface area contributed by atoms with Gasteiger partial charge in [0.2, 0.25) is 5.91 Å². The van der Waals surface area contributed by atoms with Gasteiger partial charge in [-0.15, -0.1) is 12.4 Å². The van der Waals surface area contributed by atoms with Crippen LogP contribution in [0.4, 0.5) is 0 Å². The average molecular weight is 289 g/mol. The number of hydrogen-bond donors (Lipinski definition) is 1. The lowest BCUT2D eigenvalue weighted by molar-refractivity contribution is -0.145. The summed E-state index contributed by atoms with van der Waals surface area (Å²) in [4.78, 5) is 14.8. The van der Waals surface area contributed by atoms with Crippen LogP contribution in [0.2, 0.25) is 0 Å². The van der Waals surface area contributed by atoms with Gasteiger partial charge < -0.3 is 10.2 Å². The number of nitrogens with one attached hydrogen (secondary N) is 1. The number of hydrogen-bond acceptors (Lipinski definition) is 2. The minimum Gasteiger partial charge on any atom is -0.345 e. The maximum Gasteiger partial charge on any atom is 0.230 e. The Kier molecular flexibility index (Phi) is 5.30. The van der Waals surface area contributed by atoms with Gasteiger partial charge in [0.1, 0.15) is 0 Å². The first-order valence-electron chi connectivity index (χ1n) is 7.31. The second kappa shape index (κ2) is 6.01. The molecule has 2 atom stereocenters. The molecule has 0 aromatic heterocycles. The lowest BCUT2D eigenvalue weighted by Gasteiger charge is -2.41. The quantitative estimate of drug-likeness (QED) is 0.847. The van der Waals surface area contributed by atoms with Gasteiger partial charge in [-0.25, -0.2) is 0 Å². The molecule has 0 spiro atoms. The molecular weight excluding hydrogens is 260 g/mol. The summed E-state index contributed by atoms with van der Waals surface area (Å²) in [5.74, 6) is 0.952. The molecule has 1 aliphatic heterocycles. The smallest absolute Gasteiger partial charge is 0.230 e. The van der Waals surface area contributed by atoms with Gasteiger partial charge in [-0.3, -0.25) is 4.79 Å². The first kappa shape index (κ1) is 16.8. The fourth-order valence-corrected chi connectivity index (χ4v) is 3.83. The number of carbonyl (C=O) groups excluding carboxylic acids is 1. The molecular formula is C15H29ClN2O. The van der Waals surface area contributed by atoms with Gasteiger partial charge >= 0.3 is 0 Å². The van der Waals surface area contributed by atoms with Crippen molar-refractivity contribution >= 4 is 18.3 Å². The summed E-state index contributed by atoms with van der Waals surface area (Å²) in [5.41, 5.74) is 0.0928. The zero-order valence-electron chi connectivity index (χ0n) is 12.8. The highest BCUT2D eigenvalue weighted by Gasteiger charge is 2.51. The summed E-state index contributed by atoms with van der Waals surface area (Å²) < 4.78 is 0. The molecule has 0 aromatic rings. The molecule has 1 saturated carbocycles. The third-order valence-electron chi connectivity index (χ3n) is 4.52. The molecule has 112 valence electrons. The van der Waals surface area contributed by atoms with Crippen molar-refractivity contribution < 1.29 is 4.79 Å². The Balaban J connectivity index is 0.00000180. The zero-order chi connectivity index (χ0) is 13.4. The number of rotatable bonds is 2. The summed E-state index contributed by atoms with van der Waals surface area (Å²) in [5, 5.41) is 3.46. The monoisotopic (exact) mass is 288 g/mol. The van der Waals surface area contributed by atoms with Crippen LogP contribution in [0.1, 0.15) is 46.5 Å². The predicted octanol–water partition coefficient (Wildman–Crippen LogP) is 2.69. The first-order valence-corrected chi connectivity index (χ1v) is 7.31. The van der Waals surface area contributed by atoms with E-state index in [1.807, 2.05) is 11.9 Å². The third-order valence-corrected chi connectivity index (χ3v) is 4.52. The predicted molar refractivity (Wildman–Crippen MR) is 81.6 cm³/mol. The Labute approximate surface area is 123 Å². The van der Waals surface area contributed by atoms with Crippen LogP contribution in [-0.2, 0) is 4.79 Å². The summed E-state index contributed by atoms with van der Waals surface area (Å²) in [6.45, 7) is 9.36. The van der Waals surface area contributed by atoms with E-state index in [2.05, 4.69) is 26.1 Å². The molecule has 4 heteroatoms. The van der Waals surface area contributed by atoms with Gasteiger partial charge in [0.05, 0.1) is 5.41 Å². The van der Waals surface area contributed by atoms with Crippen LogP contribution < -0.4 is 5.32 Å². The molecule has 1 heterocycles. The van der Waals surface area contributed by atoms with Crippen molar-refractivity contribution in [2.45, 2.75) is 46.5 Å². The van der Waals surface area contributed by atoms with Crippen LogP contribution in [0.3, 0.4) is 0 Å². The van der Waals surface area contributed by atoms with Crippen molar-refractivity contribution in [3.05, 3.63) is 0 Å². The number of nitrogens with zero attached hydrogens (tertiary/aromatic N) is 1. The summed E-state index contributed by atoms with van der Waals surface area (Å²) in [7, 11) is 1.98. The normalized spacial score (nSPS) is 30.4. The molecule has 2 rings (SSSR count). The van der Waals surface area contributed by atoms with Crippen molar-refractivity contribution in [2.24, 2.45) is 16.7 Å². The van der Waals surface area contributed by atoms with E-state index in [-0.39, 0.29) is 23.2 Å². The van der Waals surface area contributed by atoms with E-state index in [0.29, 0.717) is 11.8 Å². The van der Waals surface area contributed by atoms with E-state index >= 15 is 0 Å². The van der Waals surface area contributed by atoms with Gasteiger partial charge in [-0.05, 0) is 30.7 Å². The molecule has 1 aliphatic carbocycles. The summed E-state index contributed by atoms with van der Waals surface area (Å²) in [6.07, 6.45) is 4.82. The molecule has 19 heavy (non-hydrogen) atoms. The first-order chi connectivity index (χ1) is 8.35. The van der Waals surface area contributed by atoms with E-state index in [1.165, 1.54) is 19.3 Å². The highest BCUT2D eigenvalue weighted by Crippen LogP contribution is 2.45. The van der Waals surface area contributed by atoms with Crippen LogP contribution in [0.5, 0.6) is 0 Å². The van der Waals surface area contributed by atoms with Crippen molar-refractivity contribution in [1.82, 2.24) is 10.2 Å². The van der Waals surface area contributed by atoms with E-state index < -0.39 is 0 Å². The number of fused-ring (bicyclic) bond motifs is 1. The van der Waals surface area contributed by atoms with Crippen LogP contribution >= 0.6 is 12.4 Å². The molecule has 0 bridgehead atoms. The Morgan fingerprint density at radius 1 is 1.37 bits per heavy atom. The minimum absolute atomic E-state index is 0. The van der Waals surface area contributed by atoms with Gasteiger partial charge in [0.25, 0.3) is 0 Å². The SMILES string of the molecule is CN(CC(C)(C)C)C(=O)[C@@]12CCCC[C@H]1CNC2.Cl. The molecule has 0 radical (unpaired) electrons. The maximum absolute atomic E-state index is 12.9. The van der Waals surface area contributed by atoms with Crippen LogP contribution in [0, 0.1) is 16.7 Å². The van der Waals surface area contributed by atoms with Crippen LogP contribution in [0.25, 0.3) is 0 Å². The van der Waals surface area contributed by atoms with E-state index in [4.69, 9.17) is 0 Å². The fourth-order valence-electron chi connectivity index (χ4n) is 3.83. The molecule has 1 saturated heterocycles. The van der Waals surface area contributed by atoms with E-state index in [0.717, 1.165) is 26.1 Å². The largest absolute Gasteiger partial charge is 0.345 e. The molecule has 0 unspecified atom stereocenters. The Morgan fingerprint density at radius 3 is 2.68 bits per heavy atom. The standard InChI is InChI=1S/C15H28N2O.ClH/c1-14(2,3)11-17(4)13(18)15-8-6-5-7-12(15)9-16-10-15;/h12,16H,5-11H2,1-4H3;1H/t12-,15+;/m0./s1. The lowest BCUT2D eigenvalue weighted by Crippen LogP contribution is -2.50. The molecule has 1 N–H and O–H groups in total. The maximum atomic E-state index is 12.9. The van der Waals surface area contributed by atoms with E-state index in [1.54, 1.807) is 0 Å². The second-order valence-electron chi connectivity index (χ2n) is 7.45. The van der Waals surface area contributed by atoms with Crippen molar-refractivity contribution in [3.63, 3.8) is 0 Å². The Morgan fingerprint density at radius 2 is 2.05 bits per heavy atom. The van der Waals surface area contributed by atoms with Crippen molar-refractivity contribution in [3.8, 4) is 0 Å². The second-order valence-corrected chi connectivity index (χ2v) is 7.45. The Bertz CT molecular complexity index is 327. The number of carbonyl (C=O) groups is 1. The van der Waals surface area contributed by atoms with Gasteiger partial charge in [-0.2, -0.15) is 0 Å². The molecule has 1 amide bonds. The van der Waals surface area contributed by atoms with Crippen LogP contribution in [0.15, 0.2) is 0 Å². The Hall–Kier alpha value is -0.280. The minimum atomic E-state index is -0.0851. The van der Waals surface area contributed by atoms with Crippen molar-refractivity contribution in [1.29, 1.82) is 0 Å². The molecule has 2 aliphatic rings. The van der Waals surface area contributed by atoms with Gasteiger partial charge in [0, 0.05) is 20.1 Å². The summed E-state index contributed by atoms with van der Waals surface area (Å²) in [6, 6.07) is 0. The molecule has 2 fully saturated rings. The number of amides is 1.